The van der Waals surface area contributed by atoms with Crippen LogP contribution < -0.4 is 5.73 Å². The maximum Gasteiger partial charge on any atom is 0.157 e. The largest absolute Gasteiger partial charge is 0.397 e. The van der Waals surface area contributed by atoms with Gasteiger partial charge in [0.25, 0.3) is 0 Å². The highest BCUT2D eigenvalue weighted by atomic mass is 32.2. The van der Waals surface area contributed by atoms with Gasteiger partial charge in [0.15, 0.2) is 5.65 Å². The predicted octanol–water partition coefficient (Wildman–Crippen LogP) is 5.31. The van der Waals surface area contributed by atoms with Gasteiger partial charge in [-0.1, -0.05) is 6.07 Å². The van der Waals surface area contributed by atoms with Crippen molar-refractivity contribution in [3.8, 4) is 28.1 Å². The third-order valence-corrected chi connectivity index (χ3v) is 10.3. The maximum absolute atomic E-state index is 6.84. The highest BCUT2D eigenvalue weighted by molar-refractivity contribution is 8.24. The van der Waals surface area contributed by atoms with Crippen LogP contribution >= 0.6 is 20.8 Å². The predicted molar refractivity (Wildman–Crippen MR) is 143 cm³/mol. The van der Waals surface area contributed by atoms with E-state index < -0.39 is 9.44 Å². The van der Waals surface area contributed by atoms with Gasteiger partial charge in [-0.15, -0.1) is 17.0 Å². The molecule has 0 aliphatic rings. The number of hydrogen-bond acceptors (Lipinski definition) is 7. The zero-order valence-corrected chi connectivity index (χ0v) is 21.0. The van der Waals surface area contributed by atoms with E-state index in [2.05, 4.69) is 33.5 Å². The molecule has 5 aromatic heterocycles. The summed E-state index contributed by atoms with van der Waals surface area (Å²) >= 11 is 1.59. The molecule has 0 fully saturated rings. The minimum Gasteiger partial charge on any atom is -0.397 e. The van der Waals surface area contributed by atoms with Crippen LogP contribution in [0.2, 0.25) is 0 Å². The summed E-state index contributed by atoms with van der Waals surface area (Å²) in [5.41, 5.74) is 18.9. The van der Waals surface area contributed by atoms with Crippen molar-refractivity contribution in [1.82, 2.24) is 24.7 Å². The van der Waals surface area contributed by atoms with Gasteiger partial charge in [-0.2, -0.15) is 14.5 Å². The fourth-order valence-electron chi connectivity index (χ4n) is 4.12. The van der Waals surface area contributed by atoms with Crippen molar-refractivity contribution in [2.24, 2.45) is 7.05 Å². The number of methoxy groups -OCH3 is 1. The van der Waals surface area contributed by atoms with Crippen LogP contribution in [0.5, 0.6) is 0 Å². The third-order valence-electron chi connectivity index (χ3n) is 5.85. The van der Waals surface area contributed by atoms with E-state index in [0.717, 1.165) is 65.7 Å². The number of anilines is 1. The number of rotatable bonds is 5. The lowest BCUT2D eigenvalue weighted by molar-refractivity contribution is 0.200. The highest BCUT2D eigenvalue weighted by Crippen LogP contribution is 2.52. The molecule has 0 aliphatic carbocycles. The van der Waals surface area contributed by atoms with Gasteiger partial charge >= 0.3 is 0 Å². The molecule has 0 bridgehead atoms. The second kappa shape index (κ2) is 8.85. The van der Waals surface area contributed by atoms with Crippen LogP contribution in [0.1, 0.15) is 6.42 Å². The lowest BCUT2D eigenvalue weighted by Gasteiger charge is -2.17. The first-order chi connectivity index (χ1) is 16.4. The van der Waals surface area contributed by atoms with Crippen LogP contribution in [0.4, 0.5) is 5.69 Å². The second-order valence-electron chi connectivity index (χ2n) is 8.39. The van der Waals surface area contributed by atoms with Gasteiger partial charge in [-0.3, -0.25) is 9.67 Å². The molecule has 1 atom stereocenters. The number of fused-ring (bicyclic) bond motifs is 2. The molecule has 34 heavy (non-hydrogen) atoms. The monoisotopic (exact) mass is 490 g/mol. The molecule has 5 aromatic rings. The Morgan fingerprint density at radius 2 is 2.06 bits per heavy atom. The lowest BCUT2D eigenvalue weighted by atomic mass is 10.0. The van der Waals surface area contributed by atoms with E-state index in [4.69, 9.17) is 21.1 Å². The van der Waals surface area contributed by atoms with E-state index in [0.29, 0.717) is 6.61 Å². The molecule has 7 nitrogen and oxygen atoms in total. The quantitative estimate of drug-likeness (QED) is 0.336. The minimum atomic E-state index is -1.59. The summed E-state index contributed by atoms with van der Waals surface area (Å²) in [6, 6.07) is 8.10. The summed E-state index contributed by atoms with van der Waals surface area (Å²) < 4.78 is 8.02. The van der Waals surface area contributed by atoms with Crippen molar-refractivity contribution in [2.45, 2.75) is 10.6 Å². The van der Waals surface area contributed by atoms with Crippen LogP contribution in [-0.2, 0) is 11.8 Å². The molecule has 0 radical (unpaired) electrons. The van der Waals surface area contributed by atoms with Crippen molar-refractivity contribution in [1.29, 1.82) is 0 Å². The fourth-order valence-corrected chi connectivity index (χ4v) is 7.73. The molecule has 0 saturated carbocycles. The van der Waals surface area contributed by atoms with Crippen molar-refractivity contribution < 1.29 is 4.74 Å². The van der Waals surface area contributed by atoms with Crippen LogP contribution in [0.3, 0.4) is 0 Å². The van der Waals surface area contributed by atoms with Gasteiger partial charge in [-0.25, -0.2) is 9.97 Å². The number of aryl methyl sites for hydroxylation is 1. The SMILES string of the molecule is C#S(C)(CCCOC)c1sc2nc(-c3cnc4c(cnn4C)c3)cc(-c3cccnc3)c2c1N. The standard InChI is InChI=1S/C25H26N6OS2/c1-31-23-18(15-29-31)11-17(14-28-23)20-12-19(16-7-5-8-27-13-16)21-22(26)25(33-24(21)30-20)34(3,4)10-6-9-32-2/h3,5,7-8,11-15H,6,9-10,26H2,1-2,4H3. The average molecular weight is 491 g/mol. The smallest absolute Gasteiger partial charge is 0.157 e. The third kappa shape index (κ3) is 3.97. The Labute approximate surface area is 203 Å². The molecule has 5 rings (SSSR count). The van der Waals surface area contributed by atoms with E-state index in [9.17, 15) is 0 Å². The summed E-state index contributed by atoms with van der Waals surface area (Å²) in [6.45, 7) is 0.678. The number of nitrogens with two attached hydrogens (primary N) is 1. The van der Waals surface area contributed by atoms with Crippen molar-refractivity contribution >= 4 is 47.7 Å². The van der Waals surface area contributed by atoms with Gasteiger partial charge < -0.3 is 10.5 Å². The number of ether oxygens (including phenoxy) is 1. The van der Waals surface area contributed by atoms with Gasteiger partial charge in [0, 0.05) is 61.3 Å². The molecule has 0 saturated heterocycles. The van der Waals surface area contributed by atoms with Gasteiger partial charge in [0.1, 0.15) is 4.83 Å². The first-order valence-corrected chi connectivity index (χ1v) is 13.9. The normalized spacial score (nSPS) is 13.5. The molecule has 0 aromatic carbocycles. The number of pyridine rings is 3. The van der Waals surface area contributed by atoms with Crippen molar-refractivity contribution in [3.05, 3.63) is 49.1 Å². The molecule has 0 amide bonds. The number of hydrogen-bond donors (Lipinski definition) is 1. The maximum atomic E-state index is 6.84. The van der Waals surface area contributed by atoms with E-state index in [1.54, 1.807) is 29.3 Å². The second-order valence-corrected chi connectivity index (χ2v) is 12.8. The number of nitrogens with zero attached hydrogens (tertiary/aromatic N) is 5. The Bertz CT molecular complexity index is 1610. The molecule has 2 N–H and O–H groups in total. The van der Waals surface area contributed by atoms with Gasteiger partial charge in [0.05, 0.1) is 21.8 Å². The zero-order chi connectivity index (χ0) is 23.9. The van der Waals surface area contributed by atoms with Gasteiger partial charge in [0.2, 0.25) is 0 Å². The zero-order valence-electron chi connectivity index (χ0n) is 19.4. The molecular formula is C25H26N6OS2. The minimum absolute atomic E-state index is 0.678. The molecule has 9 heteroatoms. The number of nitrogen functional groups attached to an aromatic ring is 1. The lowest BCUT2D eigenvalue weighted by Crippen LogP contribution is -1.98. The first-order valence-electron chi connectivity index (χ1n) is 10.8. The van der Waals surface area contributed by atoms with Crippen LogP contribution in [0.15, 0.2) is 53.3 Å². The highest BCUT2D eigenvalue weighted by Gasteiger charge is 2.22. The van der Waals surface area contributed by atoms with Crippen LogP contribution in [0.25, 0.3) is 43.6 Å². The van der Waals surface area contributed by atoms with Crippen LogP contribution in [0, 0.1) is 5.69 Å². The first kappa shape index (κ1) is 22.6. The van der Waals surface area contributed by atoms with Crippen molar-refractivity contribution in [3.63, 3.8) is 0 Å². The Morgan fingerprint density at radius 1 is 1.21 bits per heavy atom. The Hall–Kier alpha value is -3.23. The van der Waals surface area contributed by atoms with Crippen LogP contribution in [-0.4, -0.2) is 50.5 Å². The Balaban J connectivity index is 1.72. The fraction of sp³-hybridized carbons (Fsp3) is 0.240. The van der Waals surface area contributed by atoms with Crippen molar-refractivity contribution in [2.75, 3.05) is 31.5 Å². The molecule has 0 spiro atoms. The topological polar surface area (TPSA) is 91.7 Å². The molecule has 174 valence electrons. The Morgan fingerprint density at radius 3 is 2.82 bits per heavy atom. The number of aromatic nitrogens is 5. The molecular weight excluding hydrogens is 464 g/mol. The summed E-state index contributed by atoms with van der Waals surface area (Å²) in [5, 5.41) is 6.21. The van der Waals surface area contributed by atoms with Gasteiger partial charge in [-0.05, 0) is 42.2 Å². The van der Waals surface area contributed by atoms with E-state index in [1.165, 1.54) is 0 Å². The van der Waals surface area contributed by atoms with E-state index in [-0.39, 0.29) is 0 Å². The summed E-state index contributed by atoms with van der Waals surface area (Å²) in [7, 11) is 2.00. The van der Waals surface area contributed by atoms with E-state index >= 15 is 0 Å². The average Bonchev–Trinajstić information content (AvgIpc) is 3.39. The summed E-state index contributed by atoms with van der Waals surface area (Å²) in [4.78, 5) is 14.8. The Kier molecular flexibility index (Phi) is 5.87. The summed E-state index contributed by atoms with van der Waals surface area (Å²) in [5.74, 6) is 0.842. The molecule has 0 aliphatic heterocycles. The number of thiophene rings is 1. The molecule has 1 unspecified atom stereocenters. The summed E-state index contributed by atoms with van der Waals surface area (Å²) in [6.07, 6.45) is 10.3. The molecule has 5 heterocycles. The van der Waals surface area contributed by atoms with E-state index in [1.807, 2.05) is 37.8 Å².